The van der Waals surface area contributed by atoms with Crippen molar-refractivity contribution in [2.45, 2.75) is 84.5 Å². The highest BCUT2D eigenvalue weighted by Gasteiger charge is 2.62. The molecule has 4 heteroatoms. The van der Waals surface area contributed by atoms with E-state index in [1.807, 2.05) is 0 Å². The lowest BCUT2D eigenvalue weighted by atomic mass is 9.44. The second kappa shape index (κ2) is 6.43. The van der Waals surface area contributed by atoms with Gasteiger partial charge < -0.3 is 14.9 Å². The first kappa shape index (κ1) is 20.2. The molecule has 0 amide bonds. The molecule has 2 N–H and O–H groups in total. The molecule has 7 unspecified atom stereocenters. The van der Waals surface area contributed by atoms with Gasteiger partial charge in [0.1, 0.15) is 0 Å². The van der Waals surface area contributed by atoms with Crippen LogP contribution in [0.5, 0.6) is 0 Å². The monoisotopic (exact) mass is 388 g/mol. The van der Waals surface area contributed by atoms with Crippen LogP contribution in [-0.4, -0.2) is 27.9 Å². The van der Waals surface area contributed by atoms with E-state index >= 15 is 0 Å². The topological polar surface area (TPSA) is 66.8 Å². The van der Waals surface area contributed by atoms with Crippen molar-refractivity contribution in [3.05, 3.63) is 24.0 Å². The van der Waals surface area contributed by atoms with Crippen molar-refractivity contribution in [1.82, 2.24) is 0 Å². The van der Waals surface area contributed by atoms with Gasteiger partial charge in [-0.05, 0) is 86.9 Å². The maximum Gasteiger partial charge on any atom is 0.162 e. The fraction of sp³-hybridized carbons (Fsp3) is 0.792. The first-order valence-electron chi connectivity index (χ1n) is 10.9. The molecule has 0 aromatic rings. The Hall–Kier alpha value is -1.13. The molecular weight excluding hydrogens is 352 g/mol. The maximum absolute atomic E-state index is 12.5. The smallest absolute Gasteiger partial charge is 0.162 e. The average Bonchev–Trinajstić information content (AvgIpc) is 2.90. The molecule has 28 heavy (non-hydrogen) atoms. The predicted molar refractivity (Wildman–Crippen MR) is 109 cm³/mol. The van der Waals surface area contributed by atoms with Crippen LogP contribution in [0, 0.1) is 34.5 Å². The van der Waals surface area contributed by atoms with Crippen molar-refractivity contribution in [2.24, 2.45) is 34.5 Å². The highest BCUT2D eigenvalue weighted by molar-refractivity contribution is 5.96. The molecular formula is C24H36O4. The van der Waals surface area contributed by atoms with Crippen LogP contribution in [0.1, 0.15) is 72.6 Å². The normalized spacial score (nSPS) is 47.6. The third-order valence-corrected chi connectivity index (χ3v) is 8.97. The molecule has 4 fully saturated rings. The van der Waals surface area contributed by atoms with Crippen LogP contribution in [0.25, 0.3) is 0 Å². The van der Waals surface area contributed by atoms with Crippen LogP contribution in [0.3, 0.4) is 0 Å². The molecule has 4 nitrogen and oxygen atoms in total. The fourth-order valence-corrected chi connectivity index (χ4v) is 7.47. The van der Waals surface area contributed by atoms with Gasteiger partial charge in [-0.3, -0.25) is 4.79 Å². The van der Waals surface area contributed by atoms with Gasteiger partial charge in [0.15, 0.2) is 11.6 Å². The zero-order chi connectivity index (χ0) is 20.5. The molecule has 156 valence electrons. The number of allylic oxidation sites excluding steroid dienone is 2. The van der Waals surface area contributed by atoms with Gasteiger partial charge in [-0.1, -0.05) is 26.0 Å². The average molecular weight is 389 g/mol. The van der Waals surface area contributed by atoms with Crippen LogP contribution in [-0.2, 0) is 9.53 Å². The summed E-state index contributed by atoms with van der Waals surface area (Å²) in [7, 11) is 0. The number of hydrogen-bond donors (Lipinski definition) is 2. The van der Waals surface area contributed by atoms with Gasteiger partial charge >= 0.3 is 0 Å². The first-order valence-corrected chi connectivity index (χ1v) is 10.9. The molecule has 0 aromatic carbocycles. The third kappa shape index (κ3) is 2.90. The molecule has 0 saturated heterocycles. The van der Waals surface area contributed by atoms with Gasteiger partial charge in [-0.25, -0.2) is 0 Å². The second-order valence-electron chi connectivity index (χ2n) is 10.9. The van der Waals surface area contributed by atoms with E-state index in [2.05, 4.69) is 20.4 Å². The van der Waals surface area contributed by atoms with E-state index in [9.17, 15) is 15.0 Å². The summed E-state index contributed by atoms with van der Waals surface area (Å²) in [6.07, 6.45) is 7.42. The lowest BCUT2D eigenvalue weighted by Crippen LogP contribution is -2.59. The third-order valence-electron chi connectivity index (χ3n) is 8.97. The number of hydrogen-bond acceptors (Lipinski definition) is 4. The van der Waals surface area contributed by atoms with Gasteiger partial charge in [-0.2, -0.15) is 0 Å². The molecule has 4 aliphatic rings. The minimum absolute atomic E-state index is 0.00213. The molecule has 4 rings (SSSR count). The number of rotatable bonds is 2. The van der Waals surface area contributed by atoms with Crippen molar-refractivity contribution in [1.29, 1.82) is 0 Å². The minimum Gasteiger partial charge on any atom is -0.515 e. The van der Waals surface area contributed by atoms with Crippen LogP contribution >= 0.6 is 0 Å². The van der Waals surface area contributed by atoms with Crippen molar-refractivity contribution >= 4 is 5.78 Å². The lowest BCUT2D eigenvalue weighted by Gasteiger charge is -2.62. The molecule has 0 aliphatic heterocycles. The molecule has 0 heterocycles. The summed E-state index contributed by atoms with van der Waals surface area (Å²) in [5, 5.41) is 20.1. The fourth-order valence-electron chi connectivity index (χ4n) is 7.47. The van der Waals surface area contributed by atoms with E-state index in [-0.39, 0.29) is 28.6 Å². The summed E-state index contributed by atoms with van der Waals surface area (Å²) >= 11 is 0. The summed E-state index contributed by atoms with van der Waals surface area (Å²) in [5.41, 5.74) is 2.12. The number of ketones is 1. The molecule has 4 aliphatic carbocycles. The summed E-state index contributed by atoms with van der Waals surface area (Å²) in [4.78, 5) is 12.5. The maximum atomic E-state index is 12.5. The standard InChI is InChI=1S/C24H36O4/c1-14-6-7-17-21-18(8-9-23(14,17)4)24(5)12-15(13-25)19(26)10-16(24)11-20(21)28-22(2,3)27/h13,16-18,20-21,25,27H,1,6-12H2,2-5H3/b15-13-. The van der Waals surface area contributed by atoms with Crippen molar-refractivity contribution in [3.8, 4) is 0 Å². The number of carbonyl (C=O) groups excluding carboxylic acids is 1. The van der Waals surface area contributed by atoms with Crippen LogP contribution in [0.4, 0.5) is 0 Å². The summed E-state index contributed by atoms with van der Waals surface area (Å²) in [5.74, 6) is 0.445. The van der Waals surface area contributed by atoms with E-state index in [1.165, 1.54) is 5.57 Å². The Kier molecular flexibility index (Phi) is 4.63. The highest BCUT2D eigenvalue weighted by atomic mass is 16.6. The van der Waals surface area contributed by atoms with E-state index in [0.29, 0.717) is 36.2 Å². The van der Waals surface area contributed by atoms with E-state index in [0.717, 1.165) is 38.4 Å². The quantitative estimate of drug-likeness (QED) is 0.305. The molecule has 0 aromatic heterocycles. The minimum atomic E-state index is -1.18. The SMILES string of the molecule is C=C1CCC2C3C(OC(C)(C)O)CC4CC(=O)/C(=C\O)CC4(C)C3CCC12C. The zero-order valence-corrected chi connectivity index (χ0v) is 17.8. The van der Waals surface area contributed by atoms with Gasteiger partial charge in [-0.15, -0.1) is 0 Å². The van der Waals surface area contributed by atoms with Crippen molar-refractivity contribution in [3.63, 3.8) is 0 Å². The number of fused-ring (bicyclic) bond motifs is 5. The highest BCUT2D eigenvalue weighted by Crippen LogP contribution is 2.67. The van der Waals surface area contributed by atoms with E-state index < -0.39 is 5.79 Å². The number of ether oxygens (including phenoxy) is 1. The number of aliphatic hydroxyl groups is 2. The molecule has 7 atom stereocenters. The zero-order valence-electron chi connectivity index (χ0n) is 17.8. The lowest BCUT2D eigenvalue weighted by molar-refractivity contribution is -0.259. The molecule has 0 radical (unpaired) electrons. The van der Waals surface area contributed by atoms with E-state index in [1.54, 1.807) is 13.8 Å². The number of Topliss-reactive ketones (excluding diaryl/α,β-unsaturated/α-hetero) is 1. The Morgan fingerprint density at radius 2 is 1.96 bits per heavy atom. The molecule has 0 spiro atoms. The predicted octanol–water partition coefficient (Wildman–Crippen LogP) is 4.93. The largest absolute Gasteiger partial charge is 0.515 e. The van der Waals surface area contributed by atoms with Gasteiger partial charge in [0.05, 0.1) is 12.4 Å². The number of carbonyl (C=O) groups is 1. The first-order chi connectivity index (χ1) is 13.0. The van der Waals surface area contributed by atoms with Crippen molar-refractivity contribution < 1.29 is 19.7 Å². The summed E-state index contributed by atoms with van der Waals surface area (Å²) < 4.78 is 6.27. The van der Waals surface area contributed by atoms with Crippen LogP contribution < -0.4 is 0 Å². The molecule has 0 bridgehead atoms. The molecule has 4 saturated carbocycles. The Balaban J connectivity index is 1.75. The Morgan fingerprint density at radius 1 is 1.25 bits per heavy atom. The Labute approximate surface area is 169 Å². The number of aliphatic hydroxyl groups excluding tert-OH is 1. The van der Waals surface area contributed by atoms with Crippen LogP contribution in [0.2, 0.25) is 0 Å². The Bertz CT molecular complexity index is 717. The summed E-state index contributed by atoms with van der Waals surface area (Å²) in [6.45, 7) is 12.5. The second-order valence-corrected chi connectivity index (χ2v) is 10.9. The van der Waals surface area contributed by atoms with Crippen LogP contribution in [0.15, 0.2) is 24.0 Å². The van der Waals surface area contributed by atoms with Gasteiger partial charge in [0.25, 0.3) is 0 Å². The van der Waals surface area contributed by atoms with Crippen molar-refractivity contribution in [2.75, 3.05) is 0 Å². The Morgan fingerprint density at radius 3 is 2.61 bits per heavy atom. The van der Waals surface area contributed by atoms with Gasteiger partial charge in [0.2, 0.25) is 0 Å². The van der Waals surface area contributed by atoms with E-state index in [4.69, 9.17) is 4.74 Å². The van der Waals surface area contributed by atoms with Gasteiger partial charge in [0, 0.05) is 12.0 Å². The summed E-state index contributed by atoms with van der Waals surface area (Å²) in [6, 6.07) is 0.